The molecule has 0 aliphatic carbocycles. The highest BCUT2D eigenvalue weighted by Crippen LogP contribution is 2.44. The van der Waals surface area contributed by atoms with Crippen LogP contribution in [0.3, 0.4) is 0 Å². The molecule has 0 spiro atoms. The molecular formula is C99H72N6. The molecule has 16 aromatic carbocycles. The van der Waals surface area contributed by atoms with Crippen molar-refractivity contribution in [2.75, 3.05) is 9.80 Å². The van der Waals surface area contributed by atoms with Crippen molar-refractivity contribution in [3.63, 3.8) is 0 Å². The summed E-state index contributed by atoms with van der Waals surface area (Å²) < 4.78 is 9.54. The number of hydrogen-bond acceptors (Lipinski definition) is 2. The second kappa shape index (κ2) is 26.0. The third kappa shape index (κ3) is 11.1. The lowest BCUT2D eigenvalue weighted by molar-refractivity contribution is 1.17. The highest BCUT2D eigenvalue weighted by Gasteiger charge is 2.21. The second-order valence-corrected chi connectivity index (χ2v) is 27.6. The number of aryl methyl sites for hydroxylation is 3. The maximum Gasteiger partial charge on any atom is 0.0541 e. The van der Waals surface area contributed by atoms with Gasteiger partial charge in [-0.3, -0.25) is 0 Å². The molecule has 105 heavy (non-hydrogen) atoms. The molecule has 498 valence electrons. The van der Waals surface area contributed by atoms with Crippen LogP contribution in [0.25, 0.3) is 132 Å². The van der Waals surface area contributed by atoms with Gasteiger partial charge in [0.1, 0.15) is 0 Å². The lowest BCUT2D eigenvalue weighted by Crippen LogP contribution is -2.10. The minimum Gasteiger partial charge on any atom is -0.311 e. The Hall–Kier alpha value is -13.7. The monoisotopic (exact) mass is 1340 g/mol. The third-order valence-electron chi connectivity index (χ3n) is 21.0. The van der Waals surface area contributed by atoms with Crippen LogP contribution in [0.15, 0.2) is 382 Å². The van der Waals surface area contributed by atoms with Crippen LogP contribution in [0.2, 0.25) is 0 Å². The van der Waals surface area contributed by atoms with Crippen LogP contribution in [0.1, 0.15) is 16.7 Å². The van der Waals surface area contributed by atoms with E-state index in [-0.39, 0.29) is 0 Å². The van der Waals surface area contributed by atoms with E-state index < -0.39 is 0 Å². The minimum absolute atomic E-state index is 1.12. The predicted octanol–water partition coefficient (Wildman–Crippen LogP) is 27.0. The Morgan fingerprint density at radius 3 is 0.629 bits per heavy atom. The Morgan fingerprint density at radius 2 is 0.362 bits per heavy atom. The van der Waals surface area contributed by atoms with E-state index in [0.29, 0.717) is 0 Å². The van der Waals surface area contributed by atoms with E-state index in [1.165, 1.54) is 138 Å². The third-order valence-corrected chi connectivity index (χ3v) is 21.0. The Morgan fingerprint density at radius 1 is 0.162 bits per heavy atom. The summed E-state index contributed by atoms with van der Waals surface area (Å²) in [4.78, 5) is 4.64. The van der Waals surface area contributed by atoms with Crippen molar-refractivity contribution < 1.29 is 0 Å². The zero-order valence-corrected chi connectivity index (χ0v) is 58.6. The molecule has 0 aliphatic heterocycles. The molecule has 0 unspecified atom stereocenters. The van der Waals surface area contributed by atoms with Gasteiger partial charge in [0.2, 0.25) is 0 Å². The molecule has 4 heterocycles. The number of anilines is 6. The topological polar surface area (TPSA) is 26.2 Å². The van der Waals surface area contributed by atoms with Gasteiger partial charge in [-0.15, -0.1) is 0 Å². The smallest absolute Gasteiger partial charge is 0.0541 e. The zero-order valence-electron chi connectivity index (χ0n) is 58.6. The van der Waals surface area contributed by atoms with Crippen molar-refractivity contribution in [2.45, 2.75) is 20.8 Å². The number of rotatable bonds is 12. The van der Waals surface area contributed by atoms with Gasteiger partial charge in [0.05, 0.1) is 44.1 Å². The summed E-state index contributed by atoms with van der Waals surface area (Å²) >= 11 is 0. The average molecular weight is 1350 g/mol. The maximum absolute atomic E-state index is 2.40. The quantitative estimate of drug-likeness (QED) is 0.122. The fraction of sp³-hybridized carbons (Fsp3) is 0.0303. The fourth-order valence-electron chi connectivity index (χ4n) is 15.9. The largest absolute Gasteiger partial charge is 0.311 e. The second-order valence-electron chi connectivity index (χ2n) is 27.6. The van der Waals surface area contributed by atoms with Crippen molar-refractivity contribution in [3.8, 4) is 45.0 Å². The highest BCUT2D eigenvalue weighted by molar-refractivity contribution is 6.15. The number of hydrogen-bond donors (Lipinski definition) is 0. The summed E-state index contributed by atoms with van der Waals surface area (Å²) in [7, 11) is 0. The van der Waals surface area contributed by atoms with Gasteiger partial charge in [0.15, 0.2) is 0 Å². The number of benzene rings is 16. The molecule has 20 rings (SSSR count). The molecule has 6 nitrogen and oxygen atoms in total. The summed E-state index contributed by atoms with van der Waals surface area (Å²) in [6.07, 6.45) is 0. The fourth-order valence-corrected chi connectivity index (χ4v) is 15.9. The Balaban J connectivity index is 0.000000144. The lowest BCUT2D eigenvalue weighted by atomic mass is 10.0. The number of nitrogens with zero attached hydrogens (tertiary/aromatic N) is 6. The molecular weight excluding hydrogens is 1270 g/mol. The van der Waals surface area contributed by atoms with Crippen LogP contribution in [0.4, 0.5) is 34.1 Å². The van der Waals surface area contributed by atoms with Crippen LogP contribution < -0.4 is 9.80 Å². The normalized spacial score (nSPS) is 11.6. The Labute approximate surface area is 610 Å². The van der Waals surface area contributed by atoms with Crippen molar-refractivity contribution in [1.82, 2.24) is 18.3 Å². The molecule has 0 saturated carbocycles. The summed E-state index contributed by atoms with van der Waals surface area (Å²) in [6.45, 7) is 6.39. The molecule has 0 atom stereocenters. The van der Waals surface area contributed by atoms with E-state index in [0.717, 1.165) is 45.5 Å². The van der Waals surface area contributed by atoms with Gasteiger partial charge in [-0.25, -0.2) is 0 Å². The van der Waals surface area contributed by atoms with E-state index in [1.54, 1.807) is 0 Å². The molecule has 0 fully saturated rings. The predicted molar refractivity (Wildman–Crippen MR) is 445 cm³/mol. The van der Waals surface area contributed by atoms with Crippen molar-refractivity contribution in [3.05, 3.63) is 399 Å². The molecule has 0 bridgehead atoms. The minimum atomic E-state index is 1.12. The van der Waals surface area contributed by atoms with Gasteiger partial charge in [-0.1, -0.05) is 205 Å². The molecule has 0 N–H and O–H groups in total. The zero-order chi connectivity index (χ0) is 70.1. The molecule has 0 radical (unpaired) electrons. The molecule has 0 amide bonds. The van der Waals surface area contributed by atoms with E-state index in [4.69, 9.17) is 0 Å². The number of para-hydroxylation sites is 7. The average Bonchev–Trinajstić information content (AvgIpc) is 1.60. The first kappa shape index (κ1) is 62.3. The summed E-state index contributed by atoms with van der Waals surface area (Å²) in [5.74, 6) is 0. The van der Waals surface area contributed by atoms with E-state index in [1.807, 2.05) is 0 Å². The molecule has 4 aromatic heterocycles. The number of fused-ring (bicyclic) bond motifs is 12. The van der Waals surface area contributed by atoms with Gasteiger partial charge in [-0.2, -0.15) is 0 Å². The molecule has 20 aromatic rings. The highest BCUT2D eigenvalue weighted by atomic mass is 15.1. The van der Waals surface area contributed by atoms with Gasteiger partial charge < -0.3 is 28.1 Å². The molecule has 0 aliphatic rings. The van der Waals surface area contributed by atoms with Crippen LogP contribution in [-0.4, -0.2) is 18.3 Å². The van der Waals surface area contributed by atoms with E-state index in [9.17, 15) is 0 Å². The first-order valence-electron chi connectivity index (χ1n) is 36.1. The van der Waals surface area contributed by atoms with E-state index in [2.05, 4.69) is 431 Å². The summed E-state index contributed by atoms with van der Waals surface area (Å²) in [6, 6.07) is 139. The number of aromatic nitrogens is 4. The van der Waals surface area contributed by atoms with Gasteiger partial charge >= 0.3 is 0 Å². The SMILES string of the molecule is Cc1ccc(N(c2ccc(C)cc2)c2ccc(-n3c4ccccc4c4cc(-c5ccc6c(c5)c5ccccc5n6-c5ccccc5)ccc43)cc2)cc1.Cc1ccc(N(c2ccccc2)c2ccc(-n3c4ccccc4c4cc(-c5ccc6c(c5)c5ccccc5n6-c5ccccc5)ccc43)cc2)cc1. The van der Waals surface area contributed by atoms with Crippen molar-refractivity contribution in [2.24, 2.45) is 0 Å². The Bertz CT molecular complexity index is 6580. The summed E-state index contributed by atoms with van der Waals surface area (Å²) in [5, 5.41) is 10.0. The van der Waals surface area contributed by atoms with Gasteiger partial charge in [0.25, 0.3) is 0 Å². The van der Waals surface area contributed by atoms with Crippen LogP contribution in [0, 0.1) is 20.8 Å². The van der Waals surface area contributed by atoms with E-state index >= 15 is 0 Å². The van der Waals surface area contributed by atoms with Crippen LogP contribution in [0.5, 0.6) is 0 Å². The maximum atomic E-state index is 2.40. The molecule has 0 saturated heterocycles. The summed E-state index contributed by atoms with van der Waals surface area (Å²) in [5.41, 5.74) is 29.6. The van der Waals surface area contributed by atoms with Crippen LogP contribution in [-0.2, 0) is 0 Å². The lowest BCUT2D eigenvalue weighted by Gasteiger charge is -2.26. The first-order chi connectivity index (χ1) is 51.8. The van der Waals surface area contributed by atoms with Gasteiger partial charge in [-0.05, 0) is 237 Å². The molecule has 6 heteroatoms. The standard InChI is InChI=1S/C50H37N3.C49H35N3/c1-34-16-22-39(23-17-34)51(40-24-18-35(2)19-25-40)41-26-28-42(29-27-41)53-48-15-9-7-13-44(48)46-33-37(21-31-50(46)53)36-20-30-49-45(32-36)43-12-6-8-14-47(43)52(49)38-10-4-3-5-11-38;1-34-20-24-39(25-21-34)50(37-12-4-2-5-13-37)40-26-28-41(29-27-40)52-47-19-11-9-17-43(47)45-33-36(23-31-49(45)52)35-22-30-48-44(32-35)42-16-8-10-18-46(42)51(48)38-14-6-3-7-15-38/h3-33H,1-2H3;2-33H,1H3. The van der Waals surface area contributed by atoms with Crippen molar-refractivity contribution >= 4 is 121 Å². The first-order valence-corrected chi connectivity index (χ1v) is 36.1. The van der Waals surface area contributed by atoms with Gasteiger partial charge in [0, 0.05) is 100.0 Å². The van der Waals surface area contributed by atoms with Crippen LogP contribution >= 0.6 is 0 Å². The Kier molecular flexibility index (Phi) is 15.5. The van der Waals surface area contributed by atoms with Crippen molar-refractivity contribution in [1.29, 1.82) is 0 Å².